The highest BCUT2D eigenvalue weighted by Gasteiger charge is 2.40. The molecule has 4 heterocycles. The smallest absolute Gasteiger partial charge is 0.146 e. The zero-order chi connectivity index (χ0) is 30.2. The van der Waals surface area contributed by atoms with Gasteiger partial charge in [-0.3, -0.25) is 0 Å². The van der Waals surface area contributed by atoms with Crippen molar-refractivity contribution in [1.82, 2.24) is 0 Å². The lowest BCUT2D eigenvalue weighted by molar-refractivity contribution is -0.117. The molecule has 0 radical (unpaired) electrons. The van der Waals surface area contributed by atoms with Crippen molar-refractivity contribution in [2.24, 2.45) is 5.41 Å². The lowest BCUT2D eigenvalue weighted by atomic mass is 9.95. The molecule has 0 aromatic carbocycles. The van der Waals surface area contributed by atoms with E-state index in [1.165, 1.54) is 25.4 Å². The number of hydrogen-bond donors (Lipinski definition) is 0. The third kappa shape index (κ3) is 12.9. The first-order valence-electron chi connectivity index (χ1n) is 13.6. The summed E-state index contributed by atoms with van der Waals surface area (Å²) in [5.41, 5.74) is -0.153. The zero-order valence-electron chi connectivity index (χ0n) is 24.6. The molecule has 0 aliphatic carbocycles. The number of rotatable bonds is 21. The van der Waals surface area contributed by atoms with Crippen LogP contribution in [0.1, 0.15) is 0 Å². The van der Waals surface area contributed by atoms with Crippen molar-refractivity contribution in [3.8, 4) is 0 Å². The van der Waals surface area contributed by atoms with E-state index < -0.39 is 0 Å². The molecule has 4 aliphatic heterocycles. The van der Waals surface area contributed by atoms with Crippen LogP contribution in [0.25, 0.3) is 0 Å². The molecule has 246 valence electrons. The Morgan fingerprint density at radius 3 is 1.51 bits per heavy atom. The summed E-state index contributed by atoms with van der Waals surface area (Å²) in [5, 5.41) is 0.436. The molecular weight excluding hydrogens is 713 g/mol. The van der Waals surface area contributed by atoms with E-state index in [4.69, 9.17) is 42.6 Å². The highest BCUT2D eigenvalue weighted by atomic mass is 32.3. The third-order valence-electron chi connectivity index (χ3n) is 5.85. The number of thioether (sulfide) groups is 8. The fraction of sp³-hybridized carbons (Fsp3) is 0.769. The molecule has 0 aromatic rings. The maximum Gasteiger partial charge on any atom is 0.146 e. The Kier molecular flexibility index (Phi) is 18.8. The standard InChI is InChI=1S/C26H40O9S8/c1-27-4-7-30-16-33-10-19-11-36-22-23(39-19)43-25(42-22)24-40-20-21(41-24)38-15-26(14-37-20,12-34-17-31-8-5-28-2)13-35-18-32-9-6-29-3/h19H,4-18H2,1-3H3. The van der Waals surface area contributed by atoms with Gasteiger partial charge in [0.1, 0.15) is 20.4 Å². The summed E-state index contributed by atoms with van der Waals surface area (Å²) in [7, 11) is 5.00. The van der Waals surface area contributed by atoms with Crippen LogP contribution >= 0.6 is 94.1 Å². The fourth-order valence-corrected chi connectivity index (χ4v) is 16.5. The van der Waals surface area contributed by atoms with Crippen molar-refractivity contribution < 1.29 is 42.6 Å². The SMILES string of the molecule is COCCOCOCC1CSC2=C(SC(=C3SC4=C(SCC(COCOCCOC)(COCOCCOC)CS4)S3)S2)S1. The van der Waals surface area contributed by atoms with Crippen LogP contribution in [0.3, 0.4) is 0 Å². The topological polar surface area (TPSA) is 83.1 Å². The minimum absolute atomic E-state index is 0.153. The molecule has 0 fully saturated rings. The van der Waals surface area contributed by atoms with Crippen molar-refractivity contribution in [1.29, 1.82) is 0 Å². The van der Waals surface area contributed by atoms with Gasteiger partial charge < -0.3 is 42.6 Å². The Labute approximate surface area is 289 Å². The highest BCUT2D eigenvalue weighted by molar-refractivity contribution is 8.45. The minimum atomic E-state index is -0.153. The number of methoxy groups -OCH3 is 3. The van der Waals surface area contributed by atoms with Gasteiger partial charge in [0.05, 0.1) is 84.9 Å². The van der Waals surface area contributed by atoms with Gasteiger partial charge in [0.25, 0.3) is 0 Å². The van der Waals surface area contributed by atoms with Gasteiger partial charge in [-0.2, -0.15) is 0 Å². The van der Waals surface area contributed by atoms with Crippen molar-refractivity contribution in [2.45, 2.75) is 5.25 Å². The molecule has 9 nitrogen and oxygen atoms in total. The Morgan fingerprint density at radius 1 is 0.535 bits per heavy atom. The Morgan fingerprint density at radius 2 is 1.00 bits per heavy atom. The van der Waals surface area contributed by atoms with Gasteiger partial charge in [0.2, 0.25) is 0 Å². The maximum atomic E-state index is 5.98. The van der Waals surface area contributed by atoms with E-state index in [0.29, 0.717) is 71.5 Å². The van der Waals surface area contributed by atoms with Crippen LogP contribution in [0.15, 0.2) is 25.4 Å². The van der Waals surface area contributed by atoms with Gasteiger partial charge in [0.15, 0.2) is 0 Å². The summed E-state index contributed by atoms with van der Waals surface area (Å²) in [6.07, 6.45) is 0. The van der Waals surface area contributed by atoms with E-state index >= 15 is 0 Å². The van der Waals surface area contributed by atoms with Gasteiger partial charge in [-0.25, -0.2) is 0 Å². The molecular formula is C26H40O9S8. The first-order valence-corrected chi connectivity index (χ1v) is 20.7. The van der Waals surface area contributed by atoms with Crippen molar-refractivity contribution in [3.05, 3.63) is 25.4 Å². The van der Waals surface area contributed by atoms with Gasteiger partial charge >= 0.3 is 0 Å². The molecule has 4 rings (SSSR count). The van der Waals surface area contributed by atoms with Crippen molar-refractivity contribution in [3.63, 3.8) is 0 Å². The highest BCUT2D eigenvalue weighted by Crippen LogP contribution is 2.68. The molecule has 0 N–H and O–H groups in total. The molecule has 0 saturated heterocycles. The van der Waals surface area contributed by atoms with Gasteiger partial charge in [0, 0.05) is 49.3 Å². The van der Waals surface area contributed by atoms with E-state index in [-0.39, 0.29) is 19.0 Å². The molecule has 0 bridgehead atoms. The minimum Gasteiger partial charge on any atom is -0.382 e. The van der Waals surface area contributed by atoms with Gasteiger partial charge in [-0.15, -0.1) is 47.0 Å². The molecule has 0 spiro atoms. The monoisotopic (exact) mass is 752 g/mol. The third-order valence-corrected chi connectivity index (χ3v) is 18.6. The Hall–Kier alpha value is 1.66. The normalized spacial score (nSPS) is 22.0. The van der Waals surface area contributed by atoms with Crippen LogP contribution in [0.4, 0.5) is 0 Å². The van der Waals surface area contributed by atoms with E-state index in [0.717, 1.165) is 17.3 Å². The Bertz CT molecular complexity index is 912. The largest absolute Gasteiger partial charge is 0.382 e. The molecule has 43 heavy (non-hydrogen) atoms. The van der Waals surface area contributed by atoms with Crippen molar-refractivity contribution in [2.75, 3.05) is 118 Å². The second-order valence-electron chi connectivity index (χ2n) is 9.39. The van der Waals surface area contributed by atoms with Gasteiger partial charge in [-0.1, -0.05) is 47.0 Å². The van der Waals surface area contributed by atoms with E-state index in [9.17, 15) is 0 Å². The molecule has 17 heteroatoms. The summed E-state index contributed by atoms with van der Waals surface area (Å²) >= 11 is 15.4. The molecule has 4 aliphatic rings. The van der Waals surface area contributed by atoms with Crippen LogP contribution in [-0.4, -0.2) is 124 Å². The lowest BCUT2D eigenvalue weighted by Gasteiger charge is -2.31. The maximum absolute atomic E-state index is 5.98. The summed E-state index contributed by atoms with van der Waals surface area (Å²) in [4.78, 5) is 0. The first kappa shape index (κ1) is 37.5. The molecule has 0 amide bonds. The van der Waals surface area contributed by atoms with Gasteiger partial charge in [-0.05, 0) is 0 Å². The second kappa shape index (κ2) is 21.6. The lowest BCUT2D eigenvalue weighted by Crippen LogP contribution is -2.38. The quantitative estimate of drug-likeness (QED) is 0.0938. The number of hydrogen-bond acceptors (Lipinski definition) is 17. The molecule has 1 unspecified atom stereocenters. The van der Waals surface area contributed by atoms with Crippen molar-refractivity contribution >= 4 is 94.1 Å². The average Bonchev–Trinajstić information content (AvgIpc) is 3.60. The molecule has 1 atom stereocenters. The summed E-state index contributed by atoms with van der Waals surface area (Å²) in [5.74, 6) is 2.87. The second-order valence-corrected chi connectivity index (χ2v) is 19.3. The zero-order valence-corrected chi connectivity index (χ0v) is 31.2. The average molecular weight is 753 g/mol. The fourth-order valence-electron chi connectivity index (χ4n) is 3.65. The van der Waals surface area contributed by atoms with Crippen LogP contribution in [0, 0.1) is 5.41 Å². The first-order chi connectivity index (χ1) is 21.2. The summed E-state index contributed by atoms with van der Waals surface area (Å²) in [6, 6.07) is 0. The predicted octanol–water partition coefficient (Wildman–Crippen LogP) is 6.55. The number of ether oxygens (including phenoxy) is 9. The summed E-state index contributed by atoms with van der Waals surface area (Å²) in [6.45, 7) is 5.90. The molecule has 0 aromatic heterocycles. The van der Waals surface area contributed by atoms with Crippen LogP contribution in [0.2, 0.25) is 0 Å². The van der Waals surface area contributed by atoms with Crippen LogP contribution < -0.4 is 0 Å². The predicted molar refractivity (Wildman–Crippen MR) is 189 cm³/mol. The summed E-state index contributed by atoms with van der Waals surface area (Å²) < 4.78 is 57.8. The van der Waals surface area contributed by atoms with Crippen LogP contribution in [0.5, 0.6) is 0 Å². The van der Waals surface area contributed by atoms with E-state index in [1.54, 1.807) is 21.3 Å². The Balaban J connectivity index is 1.24. The molecule has 0 saturated carbocycles. The van der Waals surface area contributed by atoms with Crippen LogP contribution in [-0.2, 0) is 42.6 Å². The van der Waals surface area contributed by atoms with E-state index in [1.807, 2.05) is 94.1 Å². The van der Waals surface area contributed by atoms with E-state index in [2.05, 4.69) is 0 Å².